The Morgan fingerprint density at radius 3 is 2.38 bits per heavy atom. The van der Waals surface area contributed by atoms with Crippen molar-refractivity contribution in [2.45, 2.75) is 31.4 Å². The zero-order chi connectivity index (χ0) is 20.9. The van der Waals surface area contributed by atoms with Crippen LogP contribution in [0, 0.1) is 11.7 Å². The molecule has 1 saturated heterocycles. The highest BCUT2D eigenvalue weighted by molar-refractivity contribution is 7.88. The summed E-state index contributed by atoms with van der Waals surface area (Å²) in [5.74, 6) is -0.887. The minimum Gasteiger partial charge on any atom is -0.355 e. The van der Waals surface area contributed by atoms with Crippen LogP contribution in [0.5, 0.6) is 0 Å². The van der Waals surface area contributed by atoms with Crippen molar-refractivity contribution in [2.75, 3.05) is 19.6 Å². The van der Waals surface area contributed by atoms with Gasteiger partial charge in [-0.15, -0.1) is 0 Å². The Balaban J connectivity index is 1.49. The number of nitrogens with zero attached hydrogens (tertiary/aromatic N) is 1. The Bertz CT molecular complexity index is 926. The average molecular weight is 419 g/mol. The molecule has 2 aromatic rings. The summed E-state index contributed by atoms with van der Waals surface area (Å²) in [5.41, 5.74) is 1.34. The second kappa shape index (κ2) is 9.50. The molecule has 1 heterocycles. The van der Waals surface area contributed by atoms with Crippen molar-refractivity contribution in [1.82, 2.24) is 9.62 Å². The summed E-state index contributed by atoms with van der Waals surface area (Å²) in [5, 5.41) is 3.00. The standard InChI is InChI=1S/C22H27FN2O3S/c1-17(18-7-3-2-4-8-18)15-24-22(26)19-11-13-25(14-12-19)29(27,28)16-20-9-5-6-10-21(20)23/h2-10,17,19H,11-16H2,1H3,(H,24,26). The molecule has 5 nitrogen and oxygen atoms in total. The Labute approximate surface area is 172 Å². The number of benzene rings is 2. The summed E-state index contributed by atoms with van der Waals surface area (Å²) in [4.78, 5) is 12.5. The number of carbonyl (C=O) groups excluding carboxylic acids is 1. The van der Waals surface area contributed by atoms with Crippen LogP contribution >= 0.6 is 0 Å². The van der Waals surface area contributed by atoms with Gasteiger partial charge in [0.2, 0.25) is 15.9 Å². The maximum Gasteiger partial charge on any atom is 0.223 e. The fraction of sp³-hybridized carbons (Fsp3) is 0.409. The van der Waals surface area contributed by atoms with E-state index in [0.29, 0.717) is 19.4 Å². The Hall–Kier alpha value is -2.25. The number of hydrogen-bond donors (Lipinski definition) is 1. The predicted octanol–water partition coefficient (Wildman–Crippen LogP) is 3.29. The van der Waals surface area contributed by atoms with E-state index in [2.05, 4.69) is 12.2 Å². The highest BCUT2D eigenvalue weighted by Crippen LogP contribution is 2.23. The van der Waals surface area contributed by atoms with Gasteiger partial charge in [0.15, 0.2) is 0 Å². The van der Waals surface area contributed by atoms with Crippen LogP contribution in [0.3, 0.4) is 0 Å². The van der Waals surface area contributed by atoms with Crippen LogP contribution in [0.4, 0.5) is 4.39 Å². The Morgan fingerprint density at radius 2 is 1.72 bits per heavy atom. The molecule has 1 aliphatic rings. The zero-order valence-corrected chi connectivity index (χ0v) is 17.4. The lowest BCUT2D eigenvalue weighted by Crippen LogP contribution is -2.43. The number of nitrogens with one attached hydrogen (secondary N) is 1. The number of rotatable bonds is 7. The summed E-state index contributed by atoms with van der Waals surface area (Å²) in [6.45, 7) is 3.17. The van der Waals surface area contributed by atoms with E-state index in [1.807, 2.05) is 30.3 Å². The van der Waals surface area contributed by atoms with Crippen LogP contribution < -0.4 is 5.32 Å². The number of carbonyl (C=O) groups is 1. The van der Waals surface area contributed by atoms with Gasteiger partial charge in [-0.25, -0.2) is 17.1 Å². The first kappa shape index (κ1) is 21.5. The molecule has 0 spiro atoms. The van der Waals surface area contributed by atoms with E-state index in [-0.39, 0.29) is 42.1 Å². The third-order valence-corrected chi connectivity index (χ3v) is 7.29. The molecule has 0 bridgehead atoms. The van der Waals surface area contributed by atoms with Crippen molar-refractivity contribution in [2.24, 2.45) is 5.92 Å². The Morgan fingerprint density at radius 1 is 1.10 bits per heavy atom. The monoisotopic (exact) mass is 418 g/mol. The molecular formula is C22H27FN2O3S. The second-order valence-electron chi connectivity index (χ2n) is 7.58. The minimum atomic E-state index is -3.61. The third kappa shape index (κ3) is 5.64. The first-order valence-corrected chi connectivity index (χ1v) is 11.5. The van der Waals surface area contributed by atoms with Crippen molar-refractivity contribution in [3.05, 3.63) is 71.5 Å². The molecule has 1 amide bonds. The van der Waals surface area contributed by atoms with Crippen LogP contribution in [0.15, 0.2) is 54.6 Å². The van der Waals surface area contributed by atoms with E-state index >= 15 is 0 Å². The summed E-state index contributed by atoms with van der Waals surface area (Å²) in [6, 6.07) is 15.9. The van der Waals surface area contributed by atoms with Crippen molar-refractivity contribution < 1.29 is 17.6 Å². The molecule has 1 N–H and O–H groups in total. The first-order valence-electron chi connectivity index (χ1n) is 9.90. The molecule has 1 fully saturated rings. The predicted molar refractivity (Wildman–Crippen MR) is 111 cm³/mol. The van der Waals surface area contributed by atoms with E-state index < -0.39 is 15.8 Å². The fourth-order valence-electron chi connectivity index (χ4n) is 3.60. The molecular weight excluding hydrogens is 391 g/mol. The molecule has 3 rings (SSSR count). The Kier molecular flexibility index (Phi) is 7.03. The lowest BCUT2D eigenvalue weighted by atomic mass is 9.96. The third-order valence-electron chi connectivity index (χ3n) is 5.46. The topological polar surface area (TPSA) is 66.5 Å². The van der Waals surface area contributed by atoms with E-state index in [9.17, 15) is 17.6 Å². The van der Waals surface area contributed by atoms with Gasteiger partial charge >= 0.3 is 0 Å². The van der Waals surface area contributed by atoms with Gasteiger partial charge in [0.05, 0.1) is 5.75 Å². The van der Waals surface area contributed by atoms with Gasteiger partial charge < -0.3 is 5.32 Å². The van der Waals surface area contributed by atoms with Crippen molar-refractivity contribution in [1.29, 1.82) is 0 Å². The molecule has 156 valence electrons. The highest BCUT2D eigenvalue weighted by atomic mass is 32.2. The van der Waals surface area contributed by atoms with E-state index in [4.69, 9.17) is 0 Å². The van der Waals surface area contributed by atoms with Crippen LogP contribution in [-0.2, 0) is 20.6 Å². The largest absolute Gasteiger partial charge is 0.355 e. The number of sulfonamides is 1. The quantitative estimate of drug-likeness (QED) is 0.750. The summed E-state index contributed by atoms with van der Waals surface area (Å²) < 4.78 is 40.4. The lowest BCUT2D eigenvalue weighted by Gasteiger charge is -2.30. The average Bonchev–Trinajstić information content (AvgIpc) is 2.74. The molecule has 0 saturated carbocycles. The van der Waals surface area contributed by atoms with Crippen molar-refractivity contribution in [3.8, 4) is 0 Å². The smallest absolute Gasteiger partial charge is 0.223 e. The van der Waals surface area contributed by atoms with Gasteiger partial charge in [-0.1, -0.05) is 55.5 Å². The SMILES string of the molecule is CC(CNC(=O)C1CCN(S(=O)(=O)Cc2ccccc2F)CC1)c1ccccc1. The maximum atomic E-state index is 13.8. The summed E-state index contributed by atoms with van der Waals surface area (Å²) in [7, 11) is -3.61. The van der Waals surface area contributed by atoms with Gasteiger partial charge in [0.25, 0.3) is 0 Å². The van der Waals surface area contributed by atoms with Gasteiger partial charge in [-0.2, -0.15) is 0 Å². The van der Waals surface area contributed by atoms with Gasteiger partial charge in [-0.05, 0) is 30.4 Å². The number of amides is 1. The van der Waals surface area contributed by atoms with Crippen LogP contribution in [0.2, 0.25) is 0 Å². The number of halogens is 1. The molecule has 0 aliphatic carbocycles. The molecule has 29 heavy (non-hydrogen) atoms. The van der Waals surface area contributed by atoms with Gasteiger partial charge in [-0.3, -0.25) is 4.79 Å². The van der Waals surface area contributed by atoms with Crippen LogP contribution in [-0.4, -0.2) is 38.3 Å². The van der Waals surface area contributed by atoms with E-state index in [0.717, 1.165) is 0 Å². The number of piperidine rings is 1. The van der Waals surface area contributed by atoms with E-state index in [1.165, 1.54) is 28.1 Å². The summed E-state index contributed by atoms with van der Waals surface area (Å²) in [6.07, 6.45) is 0.949. The molecule has 0 aromatic heterocycles. The molecule has 0 radical (unpaired) electrons. The lowest BCUT2D eigenvalue weighted by molar-refractivity contribution is -0.126. The molecule has 7 heteroatoms. The van der Waals surface area contributed by atoms with Crippen molar-refractivity contribution >= 4 is 15.9 Å². The summed E-state index contributed by atoms with van der Waals surface area (Å²) >= 11 is 0. The van der Waals surface area contributed by atoms with Crippen LogP contribution in [0.25, 0.3) is 0 Å². The minimum absolute atomic E-state index is 0.0288. The highest BCUT2D eigenvalue weighted by Gasteiger charge is 2.31. The molecule has 1 atom stereocenters. The fourth-order valence-corrected chi connectivity index (χ4v) is 5.17. The van der Waals surface area contributed by atoms with Gasteiger partial charge in [0, 0.05) is 31.1 Å². The first-order chi connectivity index (χ1) is 13.9. The maximum absolute atomic E-state index is 13.8. The molecule has 1 aliphatic heterocycles. The zero-order valence-electron chi connectivity index (χ0n) is 16.6. The molecule has 1 unspecified atom stereocenters. The van der Waals surface area contributed by atoms with Crippen molar-refractivity contribution in [3.63, 3.8) is 0 Å². The normalized spacial score (nSPS) is 17.0. The number of hydrogen-bond acceptors (Lipinski definition) is 3. The van der Waals surface area contributed by atoms with Gasteiger partial charge in [0.1, 0.15) is 5.82 Å². The van der Waals surface area contributed by atoms with Crippen LogP contribution in [0.1, 0.15) is 36.8 Å². The second-order valence-corrected chi connectivity index (χ2v) is 9.55. The van der Waals surface area contributed by atoms with E-state index in [1.54, 1.807) is 6.07 Å². The molecule has 2 aromatic carbocycles.